The summed E-state index contributed by atoms with van der Waals surface area (Å²) in [5, 5.41) is 4.57. The van der Waals surface area contributed by atoms with Crippen molar-refractivity contribution in [2.75, 3.05) is 13.2 Å². The first kappa shape index (κ1) is 18.2. The highest BCUT2D eigenvalue weighted by atomic mass is 16.5. The summed E-state index contributed by atoms with van der Waals surface area (Å²) in [5.41, 5.74) is 3.40. The lowest BCUT2D eigenvalue weighted by atomic mass is 9.96. The maximum atomic E-state index is 13.5. The van der Waals surface area contributed by atoms with Crippen LogP contribution in [0.3, 0.4) is 0 Å². The van der Waals surface area contributed by atoms with Crippen LogP contribution in [0.15, 0.2) is 12.4 Å². The maximum Gasteiger partial charge on any atom is 0.229 e. The van der Waals surface area contributed by atoms with Crippen LogP contribution in [0.25, 0.3) is 0 Å². The van der Waals surface area contributed by atoms with Gasteiger partial charge in [0.15, 0.2) is 0 Å². The normalized spacial score (nSPS) is 25.5. The van der Waals surface area contributed by atoms with E-state index in [0.717, 1.165) is 49.6 Å². The molecule has 4 rings (SSSR count). The van der Waals surface area contributed by atoms with Crippen LogP contribution in [-0.2, 0) is 23.1 Å². The van der Waals surface area contributed by atoms with Crippen molar-refractivity contribution in [1.29, 1.82) is 0 Å². The minimum atomic E-state index is -0.246. The Labute approximate surface area is 160 Å². The molecule has 3 atom stereocenters. The van der Waals surface area contributed by atoms with Crippen molar-refractivity contribution in [3.8, 4) is 0 Å². The highest BCUT2D eigenvalue weighted by Crippen LogP contribution is 2.41. The minimum absolute atomic E-state index is 0.123. The van der Waals surface area contributed by atoms with E-state index < -0.39 is 0 Å². The van der Waals surface area contributed by atoms with Crippen molar-refractivity contribution >= 4 is 5.91 Å². The fraction of sp³-hybridized carbons (Fsp3) is 0.650. The molecule has 0 N–H and O–H groups in total. The van der Waals surface area contributed by atoms with Crippen LogP contribution in [0.1, 0.15) is 61.1 Å². The van der Waals surface area contributed by atoms with Crippen molar-refractivity contribution in [2.24, 2.45) is 13.0 Å². The average molecular weight is 371 g/mol. The molecule has 0 aromatic carbocycles. The smallest absolute Gasteiger partial charge is 0.229 e. The number of carbonyl (C=O) groups is 1. The highest BCUT2D eigenvalue weighted by Gasteiger charge is 2.43. The number of amides is 1. The third-order valence-electron chi connectivity index (χ3n) is 6.19. The number of likely N-dealkylation sites (tertiary alicyclic amines) is 1. The zero-order valence-electron chi connectivity index (χ0n) is 16.7. The Morgan fingerprint density at radius 3 is 2.85 bits per heavy atom. The van der Waals surface area contributed by atoms with Gasteiger partial charge in [-0.2, -0.15) is 5.10 Å². The number of nitrogens with zero attached hydrogens (tertiary/aromatic N) is 5. The Morgan fingerprint density at radius 1 is 1.33 bits per heavy atom. The summed E-state index contributed by atoms with van der Waals surface area (Å²) in [7, 11) is 1.97. The van der Waals surface area contributed by atoms with Gasteiger partial charge in [0.05, 0.1) is 17.7 Å². The molecule has 2 aromatic rings. The number of hydrogen-bond donors (Lipinski definition) is 0. The number of rotatable bonds is 4. The summed E-state index contributed by atoms with van der Waals surface area (Å²) in [6.07, 6.45) is 6.30. The molecule has 146 valence electrons. The van der Waals surface area contributed by atoms with Gasteiger partial charge in [-0.15, -0.1) is 0 Å². The number of ether oxygens (including phenoxy) is 1. The third-order valence-corrected chi connectivity index (χ3v) is 6.19. The van der Waals surface area contributed by atoms with Crippen molar-refractivity contribution in [3.63, 3.8) is 0 Å². The largest absolute Gasteiger partial charge is 0.369 e. The van der Waals surface area contributed by atoms with Gasteiger partial charge < -0.3 is 14.2 Å². The van der Waals surface area contributed by atoms with E-state index in [1.54, 1.807) is 6.20 Å². The van der Waals surface area contributed by atoms with E-state index in [1.807, 2.05) is 24.9 Å². The summed E-state index contributed by atoms with van der Waals surface area (Å²) in [6.45, 7) is 8.47. The highest BCUT2D eigenvalue weighted by molar-refractivity contribution is 5.80. The molecule has 7 nitrogen and oxygen atoms in total. The van der Waals surface area contributed by atoms with Crippen molar-refractivity contribution < 1.29 is 9.53 Å². The Morgan fingerprint density at radius 2 is 2.15 bits per heavy atom. The van der Waals surface area contributed by atoms with Gasteiger partial charge in [-0.05, 0) is 40.0 Å². The maximum absolute atomic E-state index is 13.5. The van der Waals surface area contributed by atoms with Crippen LogP contribution in [-0.4, -0.2) is 43.3 Å². The second-order valence-corrected chi connectivity index (χ2v) is 7.66. The first-order valence-electron chi connectivity index (χ1n) is 9.96. The van der Waals surface area contributed by atoms with E-state index in [0.29, 0.717) is 6.61 Å². The lowest BCUT2D eigenvalue weighted by Crippen LogP contribution is -2.37. The summed E-state index contributed by atoms with van der Waals surface area (Å²) in [4.78, 5) is 20.1. The Balaban J connectivity index is 1.61. The molecule has 4 heterocycles. The van der Waals surface area contributed by atoms with Gasteiger partial charge in [-0.3, -0.25) is 9.48 Å². The molecule has 2 aliphatic rings. The molecule has 2 fully saturated rings. The number of imidazole rings is 1. The second-order valence-electron chi connectivity index (χ2n) is 7.66. The molecule has 27 heavy (non-hydrogen) atoms. The first-order valence-corrected chi connectivity index (χ1v) is 9.96. The molecule has 2 aromatic heterocycles. The Bertz CT molecular complexity index is 840. The second kappa shape index (κ2) is 7.11. The van der Waals surface area contributed by atoms with Gasteiger partial charge in [0.25, 0.3) is 0 Å². The average Bonchev–Trinajstić information content (AvgIpc) is 3.41. The summed E-state index contributed by atoms with van der Waals surface area (Å²) in [5.74, 6) is 0.918. The van der Waals surface area contributed by atoms with Crippen LogP contribution in [0.5, 0.6) is 0 Å². The van der Waals surface area contributed by atoms with Crippen molar-refractivity contribution in [1.82, 2.24) is 24.2 Å². The summed E-state index contributed by atoms with van der Waals surface area (Å²) in [6, 6.07) is 0.123. The molecular weight excluding hydrogens is 342 g/mol. The molecule has 0 bridgehead atoms. The lowest BCUT2D eigenvalue weighted by molar-refractivity contribution is -0.138. The zero-order valence-corrected chi connectivity index (χ0v) is 16.7. The van der Waals surface area contributed by atoms with Crippen molar-refractivity contribution in [3.05, 3.63) is 35.2 Å². The monoisotopic (exact) mass is 371 g/mol. The van der Waals surface area contributed by atoms with Gasteiger partial charge in [-0.1, -0.05) is 0 Å². The SMILES string of the molecule is CCn1ccnc1[C@@H]1OCC[C@H]1C(=O)N1CCCC1c1c(C)nn(C)c1C. The number of hydrogen-bond acceptors (Lipinski definition) is 4. The summed E-state index contributed by atoms with van der Waals surface area (Å²) < 4.78 is 9.98. The number of aryl methyl sites for hydroxylation is 3. The molecule has 2 saturated heterocycles. The molecular formula is C20H29N5O2. The van der Waals surface area contributed by atoms with E-state index >= 15 is 0 Å². The number of aromatic nitrogens is 4. The van der Waals surface area contributed by atoms with Gasteiger partial charge in [0, 0.05) is 50.4 Å². The van der Waals surface area contributed by atoms with E-state index in [1.165, 1.54) is 5.56 Å². The standard InChI is InChI=1S/C20H29N5O2/c1-5-24-11-9-21-19(24)18-15(8-12-27-18)20(26)25-10-6-7-16(25)17-13(2)22-23(4)14(17)3/h9,11,15-16,18H,5-8,10,12H2,1-4H3/t15-,16?,18-/m1/s1. The molecule has 2 aliphatic heterocycles. The quantitative estimate of drug-likeness (QED) is 0.829. The van der Waals surface area contributed by atoms with Gasteiger partial charge >= 0.3 is 0 Å². The van der Waals surface area contributed by atoms with Gasteiger partial charge in [0.2, 0.25) is 5.91 Å². The predicted molar refractivity (Wildman–Crippen MR) is 101 cm³/mol. The van der Waals surface area contributed by atoms with Crippen LogP contribution < -0.4 is 0 Å². The van der Waals surface area contributed by atoms with E-state index in [4.69, 9.17) is 4.74 Å². The van der Waals surface area contributed by atoms with Crippen LogP contribution >= 0.6 is 0 Å². The molecule has 0 radical (unpaired) electrons. The number of carbonyl (C=O) groups excluding carboxylic acids is 1. The predicted octanol–water partition coefficient (Wildman–Crippen LogP) is 2.69. The Hall–Kier alpha value is -2.15. The molecule has 1 unspecified atom stereocenters. The first-order chi connectivity index (χ1) is 13.0. The minimum Gasteiger partial charge on any atom is -0.369 e. The van der Waals surface area contributed by atoms with Crippen molar-refractivity contribution in [2.45, 2.75) is 58.7 Å². The zero-order chi connectivity index (χ0) is 19.1. The van der Waals surface area contributed by atoms with E-state index in [2.05, 4.69) is 33.4 Å². The van der Waals surface area contributed by atoms with Crippen LogP contribution in [0, 0.1) is 19.8 Å². The Kier molecular flexibility index (Phi) is 4.80. The summed E-state index contributed by atoms with van der Waals surface area (Å²) >= 11 is 0. The van der Waals surface area contributed by atoms with Crippen LogP contribution in [0.2, 0.25) is 0 Å². The topological polar surface area (TPSA) is 65.2 Å². The fourth-order valence-electron chi connectivity index (χ4n) is 4.76. The van der Waals surface area contributed by atoms with Gasteiger partial charge in [-0.25, -0.2) is 4.98 Å². The van der Waals surface area contributed by atoms with E-state index in [9.17, 15) is 4.79 Å². The fourth-order valence-corrected chi connectivity index (χ4v) is 4.76. The molecule has 0 spiro atoms. The lowest BCUT2D eigenvalue weighted by Gasteiger charge is -2.29. The molecule has 7 heteroatoms. The van der Waals surface area contributed by atoms with Crippen LogP contribution in [0.4, 0.5) is 0 Å². The third kappa shape index (κ3) is 2.98. The van der Waals surface area contributed by atoms with Gasteiger partial charge in [0.1, 0.15) is 11.9 Å². The van der Waals surface area contributed by atoms with E-state index in [-0.39, 0.29) is 24.0 Å². The molecule has 0 aliphatic carbocycles. The molecule has 1 amide bonds. The molecule has 0 saturated carbocycles.